The monoisotopic (exact) mass is 419 g/mol. The minimum Gasteiger partial charge on any atom is -0.508 e. The topological polar surface area (TPSA) is 60.2 Å². The summed E-state index contributed by atoms with van der Waals surface area (Å²) in [6, 6.07) is 13.3. The highest BCUT2D eigenvalue weighted by molar-refractivity contribution is 6.90. The van der Waals surface area contributed by atoms with Gasteiger partial charge in [0.1, 0.15) is 12.5 Å². The van der Waals surface area contributed by atoms with Crippen molar-refractivity contribution in [2.75, 3.05) is 6.61 Å². The van der Waals surface area contributed by atoms with E-state index < -0.39 is 20.1 Å². The largest absolute Gasteiger partial charge is 0.508 e. The molecule has 4 rings (SSSR count). The molecule has 0 spiro atoms. The Kier molecular flexibility index (Phi) is 4.74. The van der Waals surface area contributed by atoms with Crippen LogP contribution in [0.25, 0.3) is 22.5 Å². The van der Waals surface area contributed by atoms with Gasteiger partial charge in [0, 0.05) is 12.2 Å². The molecule has 0 radical (unpaired) electrons. The van der Waals surface area contributed by atoms with Gasteiger partial charge < -0.3 is 9.84 Å². The summed E-state index contributed by atoms with van der Waals surface area (Å²) in [7, 11) is -2.06. The minimum atomic E-state index is -4.61. The smallest absolute Gasteiger partial charge is 0.451 e. The lowest BCUT2D eigenvalue weighted by Crippen LogP contribution is -2.43. The first kappa shape index (κ1) is 19.7. The van der Waals surface area contributed by atoms with Gasteiger partial charge in [-0.25, -0.2) is 9.67 Å². The quantitative estimate of drug-likeness (QED) is 0.600. The first-order chi connectivity index (χ1) is 13.6. The molecule has 9 heteroatoms. The Bertz CT molecular complexity index is 1050. The predicted molar refractivity (Wildman–Crippen MR) is 105 cm³/mol. The number of ether oxygens (including phenoxy) is 1. The third kappa shape index (κ3) is 3.79. The highest BCUT2D eigenvalue weighted by Gasteiger charge is 2.39. The number of benzene rings is 2. The van der Waals surface area contributed by atoms with E-state index in [1.807, 2.05) is 24.3 Å². The average Bonchev–Trinajstić information content (AvgIpc) is 3.09. The number of aromatic nitrogens is 3. The summed E-state index contributed by atoms with van der Waals surface area (Å²) >= 11 is 0. The van der Waals surface area contributed by atoms with E-state index in [1.54, 1.807) is 18.2 Å². The van der Waals surface area contributed by atoms with Crippen LogP contribution in [-0.4, -0.2) is 34.6 Å². The summed E-state index contributed by atoms with van der Waals surface area (Å²) in [6.07, 6.45) is -4.61. The fraction of sp³-hybridized carbons (Fsp3) is 0.300. The summed E-state index contributed by atoms with van der Waals surface area (Å²) in [5.74, 6) is -0.813. The molecule has 1 N–H and O–H groups in total. The zero-order valence-corrected chi connectivity index (χ0v) is 17.0. The van der Waals surface area contributed by atoms with E-state index in [0.29, 0.717) is 12.2 Å². The molecule has 1 aliphatic rings. The van der Waals surface area contributed by atoms with Crippen LogP contribution in [0.1, 0.15) is 5.82 Å². The zero-order valence-electron chi connectivity index (χ0n) is 16.0. The van der Waals surface area contributed by atoms with E-state index in [2.05, 4.69) is 23.2 Å². The molecule has 0 unspecified atom stereocenters. The van der Waals surface area contributed by atoms with Crippen molar-refractivity contribution in [1.82, 2.24) is 14.8 Å². The Morgan fingerprint density at radius 3 is 2.45 bits per heavy atom. The lowest BCUT2D eigenvalue weighted by atomic mass is 10.0. The third-order valence-electron chi connectivity index (χ3n) is 5.20. The molecule has 5 nitrogen and oxygen atoms in total. The highest BCUT2D eigenvalue weighted by atomic mass is 28.3. The Morgan fingerprint density at radius 2 is 1.76 bits per heavy atom. The van der Waals surface area contributed by atoms with E-state index in [1.165, 1.54) is 0 Å². The molecule has 29 heavy (non-hydrogen) atoms. The Balaban J connectivity index is 1.90. The average molecular weight is 419 g/mol. The molecule has 2 aromatic carbocycles. The summed E-state index contributed by atoms with van der Waals surface area (Å²) in [4.78, 5) is 3.82. The van der Waals surface area contributed by atoms with Crippen molar-refractivity contribution in [2.45, 2.75) is 32.0 Å². The number of fused-ring (bicyclic) bond motifs is 4. The van der Waals surface area contributed by atoms with E-state index >= 15 is 0 Å². The van der Waals surface area contributed by atoms with Crippen LogP contribution in [0.2, 0.25) is 19.1 Å². The number of phenols is 1. The number of halogens is 3. The second-order valence-corrected chi connectivity index (χ2v) is 12.5. The molecule has 0 atom stereocenters. The van der Waals surface area contributed by atoms with Crippen molar-refractivity contribution in [3.05, 3.63) is 48.3 Å². The molecule has 1 aromatic heterocycles. The van der Waals surface area contributed by atoms with Gasteiger partial charge >= 0.3 is 6.18 Å². The molecule has 0 fully saturated rings. The summed E-state index contributed by atoms with van der Waals surface area (Å²) < 4.78 is 46.5. The summed E-state index contributed by atoms with van der Waals surface area (Å²) in [5.41, 5.74) is 2.48. The standard InChI is InChI=1S/C20H20F3N3O2Si/c1-29(2)10-9-28-12-26-19(20(21,22)23)24-18(25-26)16-8-5-14(11-17(16)29)13-3-6-15(27)7-4-13/h3-8,11,27H,9-10,12H2,1-2H3. The predicted octanol–water partition coefficient (Wildman–Crippen LogP) is 4.24. The van der Waals surface area contributed by atoms with Crippen LogP contribution in [-0.2, 0) is 17.6 Å². The normalized spacial score (nSPS) is 16.3. The van der Waals surface area contributed by atoms with E-state index in [4.69, 9.17) is 4.74 Å². The van der Waals surface area contributed by atoms with Crippen molar-refractivity contribution < 1.29 is 23.0 Å². The van der Waals surface area contributed by atoms with E-state index in [9.17, 15) is 18.3 Å². The van der Waals surface area contributed by atoms with Crippen LogP contribution < -0.4 is 5.19 Å². The molecule has 1 aliphatic heterocycles. The van der Waals surface area contributed by atoms with Crippen LogP contribution in [0.4, 0.5) is 13.2 Å². The second-order valence-electron chi connectivity index (χ2n) is 7.73. The van der Waals surface area contributed by atoms with Gasteiger partial charge in [-0.15, -0.1) is 5.10 Å². The summed E-state index contributed by atoms with van der Waals surface area (Å²) in [5, 5.41) is 14.6. The molecule has 0 amide bonds. The number of phenolic OH excluding ortho intramolecular Hbond substituents is 1. The van der Waals surface area contributed by atoms with Crippen molar-refractivity contribution in [2.24, 2.45) is 0 Å². The number of aromatic hydroxyl groups is 1. The molecular weight excluding hydrogens is 399 g/mol. The SMILES string of the molecule is C[Si]1(C)CCOCn2nc(nc2C(F)(F)F)-c2ccc(-c3ccc(O)cc3)cc21. The van der Waals surface area contributed by atoms with Gasteiger partial charge in [-0.2, -0.15) is 13.2 Å². The lowest BCUT2D eigenvalue weighted by molar-refractivity contribution is -0.150. The van der Waals surface area contributed by atoms with Crippen molar-refractivity contribution in [3.63, 3.8) is 0 Å². The molecule has 0 saturated heterocycles. The fourth-order valence-corrected chi connectivity index (χ4v) is 5.90. The van der Waals surface area contributed by atoms with Gasteiger partial charge in [0.15, 0.2) is 5.82 Å². The van der Waals surface area contributed by atoms with Crippen LogP contribution >= 0.6 is 0 Å². The Hall–Kier alpha value is -2.65. The third-order valence-corrected chi connectivity index (χ3v) is 8.53. The first-order valence-corrected chi connectivity index (χ1v) is 12.4. The van der Waals surface area contributed by atoms with Gasteiger partial charge in [0.05, 0.1) is 8.07 Å². The highest BCUT2D eigenvalue weighted by Crippen LogP contribution is 2.32. The minimum absolute atomic E-state index is 0.0654. The first-order valence-electron chi connectivity index (χ1n) is 9.19. The summed E-state index contributed by atoms with van der Waals surface area (Å²) in [6.45, 7) is 4.42. The van der Waals surface area contributed by atoms with Crippen molar-refractivity contribution in [1.29, 1.82) is 0 Å². The molecule has 3 aromatic rings. The number of alkyl halides is 3. The van der Waals surface area contributed by atoms with Gasteiger partial charge in [0.2, 0.25) is 5.82 Å². The molecule has 152 valence electrons. The van der Waals surface area contributed by atoms with E-state index in [-0.39, 0.29) is 18.3 Å². The van der Waals surface area contributed by atoms with Crippen molar-refractivity contribution >= 4 is 13.3 Å². The number of nitrogens with zero attached hydrogens (tertiary/aromatic N) is 3. The van der Waals surface area contributed by atoms with Gasteiger partial charge in [-0.3, -0.25) is 0 Å². The van der Waals surface area contributed by atoms with Gasteiger partial charge in [-0.1, -0.05) is 43.4 Å². The number of rotatable bonds is 1. The number of hydrogen-bond donors (Lipinski definition) is 1. The second kappa shape index (κ2) is 6.99. The Morgan fingerprint density at radius 1 is 1.07 bits per heavy atom. The maximum Gasteiger partial charge on any atom is 0.451 e. The van der Waals surface area contributed by atoms with Crippen LogP contribution in [0.5, 0.6) is 5.75 Å². The number of hydrogen-bond acceptors (Lipinski definition) is 4. The molecule has 2 bridgehead atoms. The molecule has 0 aliphatic carbocycles. The fourth-order valence-electron chi connectivity index (χ4n) is 3.50. The zero-order chi connectivity index (χ0) is 20.8. The Labute approximate surface area is 166 Å². The van der Waals surface area contributed by atoms with Crippen LogP contribution in [0.3, 0.4) is 0 Å². The lowest BCUT2D eigenvalue weighted by Gasteiger charge is -2.26. The van der Waals surface area contributed by atoms with Gasteiger partial charge in [0.25, 0.3) is 0 Å². The molecular formula is C20H20F3N3O2Si. The maximum atomic E-state index is 13.4. The van der Waals surface area contributed by atoms with Crippen molar-refractivity contribution in [3.8, 4) is 28.3 Å². The van der Waals surface area contributed by atoms with Gasteiger partial charge in [-0.05, 0) is 34.5 Å². The molecule has 0 saturated carbocycles. The van der Waals surface area contributed by atoms with Crippen LogP contribution in [0.15, 0.2) is 42.5 Å². The van der Waals surface area contributed by atoms with E-state index in [0.717, 1.165) is 27.0 Å². The maximum absolute atomic E-state index is 13.4. The van der Waals surface area contributed by atoms with Crippen LogP contribution in [0, 0.1) is 0 Å². The molecule has 2 heterocycles.